The molecular weight excluding hydrogens is 353 g/mol. The van der Waals surface area contributed by atoms with Crippen LogP contribution in [-0.2, 0) is 4.74 Å². The van der Waals surface area contributed by atoms with Gasteiger partial charge in [-0.05, 0) is 15.9 Å². The number of aliphatic hydroxyl groups is 3. The first-order chi connectivity index (χ1) is 9.54. The van der Waals surface area contributed by atoms with E-state index >= 15 is 0 Å². The molecule has 3 rings (SSSR count). The summed E-state index contributed by atoms with van der Waals surface area (Å²) in [7, 11) is 0. The van der Waals surface area contributed by atoms with Crippen molar-refractivity contribution in [1.82, 2.24) is 14.5 Å². The molecule has 20 heavy (non-hydrogen) atoms. The van der Waals surface area contributed by atoms with Crippen LogP contribution >= 0.6 is 27.5 Å². The lowest BCUT2D eigenvalue weighted by molar-refractivity contribution is -0.0509. The number of halogens is 2. The third kappa shape index (κ3) is 2.03. The lowest BCUT2D eigenvalue weighted by Gasteiger charge is -2.17. The highest BCUT2D eigenvalue weighted by Crippen LogP contribution is 2.36. The minimum absolute atomic E-state index is 0.271. The monoisotopic (exact) mass is 363 g/mol. The van der Waals surface area contributed by atoms with E-state index in [9.17, 15) is 10.2 Å². The summed E-state index contributed by atoms with van der Waals surface area (Å²) in [5.74, 6) is 0. The Balaban J connectivity index is 2.10. The van der Waals surface area contributed by atoms with Gasteiger partial charge in [-0.2, -0.15) is 0 Å². The normalized spacial score (nSPS) is 30.2. The summed E-state index contributed by atoms with van der Waals surface area (Å²) in [6.07, 6.45) is -1.10. The maximum absolute atomic E-state index is 10.1. The fraction of sp³-hybridized carbons (Fsp3) is 0.455. The Morgan fingerprint density at radius 2 is 2.10 bits per heavy atom. The lowest BCUT2D eigenvalue weighted by Crippen LogP contribution is -2.33. The summed E-state index contributed by atoms with van der Waals surface area (Å²) in [6, 6.07) is 0. The van der Waals surface area contributed by atoms with Crippen LogP contribution in [0.15, 0.2) is 17.0 Å². The van der Waals surface area contributed by atoms with Crippen LogP contribution < -0.4 is 0 Å². The highest BCUT2D eigenvalue weighted by atomic mass is 79.9. The van der Waals surface area contributed by atoms with Gasteiger partial charge < -0.3 is 24.6 Å². The fourth-order valence-corrected chi connectivity index (χ4v) is 3.24. The van der Waals surface area contributed by atoms with Gasteiger partial charge in [0.1, 0.15) is 35.4 Å². The largest absolute Gasteiger partial charge is 0.394 e. The second-order valence-corrected chi connectivity index (χ2v) is 5.69. The second-order valence-electron chi connectivity index (χ2n) is 4.48. The van der Waals surface area contributed by atoms with Crippen molar-refractivity contribution in [1.29, 1.82) is 0 Å². The molecule has 7 nitrogen and oxygen atoms in total. The molecule has 0 unspecified atom stereocenters. The van der Waals surface area contributed by atoms with E-state index in [4.69, 9.17) is 21.4 Å². The van der Waals surface area contributed by atoms with Crippen molar-refractivity contribution in [2.75, 3.05) is 6.61 Å². The van der Waals surface area contributed by atoms with Gasteiger partial charge in [0.2, 0.25) is 0 Å². The average Bonchev–Trinajstić information content (AvgIpc) is 2.90. The lowest BCUT2D eigenvalue weighted by atomic mass is 10.1. The summed E-state index contributed by atoms with van der Waals surface area (Å²) in [4.78, 5) is 8.01. The number of rotatable bonds is 2. The Hall–Kier alpha value is -0.770. The van der Waals surface area contributed by atoms with Crippen molar-refractivity contribution < 1.29 is 20.1 Å². The van der Waals surface area contributed by atoms with Crippen molar-refractivity contribution in [2.24, 2.45) is 0 Å². The minimum Gasteiger partial charge on any atom is -0.394 e. The summed E-state index contributed by atoms with van der Waals surface area (Å²) >= 11 is 9.36. The van der Waals surface area contributed by atoms with E-state index in [1.807, 2.05) is 0 Å². The van der Waals surface area contributed by atoms with Gasteiger partial charge in [0.25, 0.3) is 0 Å². The average molecular weight is 365 g/mol. The molecule has 0 aromatic carbocycles. The van der Waals surface area contributed by atoms with E-state index in [1.54, 1.807) is 10.8 Å². The number of fused-ring (bicyclic) bond motifs is 1. The van der Waals surface area contributed by atoms with Crippen LogP contribution in [0.4, 0.5) is 0 Å². The van der Waals surface area contributed by atoms with E-state index in [0.29, 0.717) is 15.5 Å². The number of ether oxygens (including phenoxy) is 1. The second kappa shape index (κ2) is 5.21. The molecule has 4 atom stereocenters. The maximum Gasteiger partial charge on any atom is 0.164 e. The Kier molecular flexibility index (Phi) is 3.69. The summed E-state index contributed by atoms with van der Waals surface area (Å²) in [5, 5.41) is 29.8. The molecule has 0 spiro atoms. The van der Waals surface area contributed by atoms with Crippen LogP contribution in [0.25, 0.3) is 11.0 Å². The molecule has 0 aliphatic carbocycles. The Bertz CT molecular complexity index is 652. The molecule has 1 saturated heterocycles. The van der Waals surface area contributed by atoms with Crippen LogP contribution in [0.2, 0.25) is 5.15 Å². The van der Waals surface area contributed by atoms with Crippen molar-refractivity contribution >= 4 is 38.6 Å². The molecule has 0 saturated carbocycles. The van der Waals surface area contributed by atoms with Gasteiger partial charge >= 0.3 is 0 Å². The number of aliphatic hydroxyl groups excluding tert-OH is 3. The molecule has 3 N–H and O–H groups in total. The zero-order chi connectivity index (χ0) is 14.4. The molecule has 3 heterocycles. The predicted molar refractivity (Wildman–Crippen MR) is 73.2 cm³/mol. The predicted octanol–water partition coefficient (Wildman–Crippen LogP) is 0.459. The molecule has 108 valence electrons. The van der Waals surface area contributed by atoms with Gasteiger partial charge in [-0.3, -0.25) is 0 Å². The van der Waals surface area contributed by atoms with Crippen molar-refractivity contribution in [3.63, 3.8) is 0 Å². The molecule has 1 fully saturated rings. The first-order valence-corrected chi connectivity index (χ1v) is 7.00. The van der Waals surface area contributed by atoms with Gasteiger partial charge in [0.15, 0.2) is 6.23 Å². The van der Waals surface area contributed by atoms with Crippen LogP contribution in [-0.4, -0.2) is 54.8 Å². The van der Waals surface area contributed by atoms with Gasteiger partial charge in [-0.25, -0.2) is 9.97 Å². The van der Waals surface area contributed by atoms with Crippen LogP contribution in [0.5, 0.6) is 0 Å². The Morgan fingerprint density at radius 3 is 2.75 bits per heavy atom. The fourth-order valence-electron chi connectivity index (χ4n) is 2.31. The molecule has 1 aliphatic heterocycles. The van der Waals surface area contributed by atoms with E-state index in [1.165, 1.54) is 6.33 Å². The van der Waals surface area contributed by atoms with E-state index in [-0.39, 0.29) is 11.8 Å². The van der Waals surface area contributed by atoms with Crippen molar-refractivity contribution in [3.8, 4) is 0 Å². The van der Waals surface area contributed by atoms with Crippen LogP contribution in [0.3, 0.4) is 0 Å². The zero-order valence-corrected chi connectivity index (χ0v) is 12.4. The molecule has 0 amide bonds. The van der Waals surface area contributed by atoms with E-state index in [2.05, 4.69) is 25.9 Å². The van der Waals surface area contributed by atoms with E-state index in [0.717, 1.165) is 0 Å². The summed E-state index contributed by atoms with van der Waals surface area (Å²) in [6.45, 7) is -0.384. The molecule has 0 radical (unpaired) electrons. The zero-order valence-electron chi connectivity index (χ0n) is 10.0. The minimum atomic E-state index is -1.18. The third-order valence-corrected chi connectivity index (χ3v) is 4.20. The van der Waals surface area contributed by atoms with Crippen molar-refractivity contribution in [2.45, 2.75) is 24.5 Å². The van der Waals surface area contributed by atoms with E-state index < -0.39 is 24.5 Å². The van der Waals surface area contributed by atoms with Gasteiger partial charge in [0, 0.05) is 10.7 Å². The first-order valence-electron chi connectivity index (χ1n) is 5.83. The number of nitrogens with zero attached hydrogens (tertiary/aromatic N) is 3. The Morgan fingerprint density at radius 1 is 1.35 bits per heavy atom. The standard InChI is InChI=1S/C11H11BrClN3O4/c12-4-1-16(10-6(4)9(13)14-3-15-10)11-8(19)7(18)5(2-17)20-11/h1,3,5,7-8,11,17-19H,2H2/t5-,7+,8+,11+/m0/s1. The van der Waals surface area contributed by atoms with Gasteiger partial charge in [-0.1, -0.05) is 11.6 Å². The molecule has 2 aromatic rings. The molecule has 2 aromatic heterocycles. The SMILES string of the molecule is OC[C@@H]1O[C@@H](n2cc(Br)c3c(Cl)ncnc32)[C@H](O)[C@@H]1O. The Labute approximate surface area is 126 Å². The molecule has 1 aliphatic rings. The molecular formula is C11H11BrClN3O4. The van der Waals surface area contributed by atoms with Gasteiger partial charge in [-0.15, -0.1) is 0 Å². The molecule has 9 heteroatoms. The number of hydrogen-bond donors (Lipinski definition) is 3. The smallest absolute Gasteiger partial charge is 0.164 e. The maximum atomic E-state index is 10.1. The number of aromatic nitrogens is 3. The van der Waals surface area contributed by atoms with Crippen LogP contribution in [0.1, 0.15) is 6.23 Å². The molecule has 0 bridgehead atoms. The number of hydrogen-bond acceptors (Lipinski definition) is 6. The van der Waals surface area contributed by atoms with Crippen molar-refractivity contribution in [3.05, 3.63) is 22.1 Å². The summed E-state index contributed by atoms with van der Waals surface area (Å²) < 4.78 is 7.67. The topological polar surface area (TPSA) is 101 Å². The van der Waals surface area contributed by atoms with Crippen LogP contribution in [0, 0.1) is 0 Å². The highest BCUT2D eigenvalue weighted by molar-refractivity contribution is 9.10. The highest BCUT2D eigenvalue weighted by Gasteiger charge is 2.44. The summed E-state index contributed by atoms with van der Waals surface area (Å²) in [5.41, 5.74) is 0.465. The quantitative estimate of drug-likeness (QED) is 0.669. The third-order valence-electron chi connectivity index (χ3n) is 3.31. The van der Waals surface area contributed by atoms with Gasteiger partial charge in [0.05, 0.1) is 12.0 Å². The first kappa shape index (κ1) is 14.2.